The summed E-state index contributed by atoms with van der Waals surface area (Å²) < 4.78 is 73.7. The number of piperidine rings is 1. The quantitative estimate of drug-likeness (QED) is 0.218. The molecule has 2 bridgehead atoms. The van der Waals surface area contributed by atoms with Crippen LogP contribution in [0, 0.1) is 0 Å². The normalized spacial score (nSPS) is 26.8. The second-order valence-electron chi connectivity index (χ2n) is 12.1. The van der Waals surface area contributed by atoms with Crippen LogP contribution < -0.4 is 9.47 Å². The van der Waals surface area contributed by atoms with E-state index in [9.17, 15) is 47.0 Å². The third-order valence-corrected chi connectivity index (χ3v) is 9.15. The van der Waals surface area contributed by atoms with E-state index >= 15 is 0 Å². The first-order valence-electron chi connectivity index (χ1n) is 14.9. The molecule has 0 amide bonds. The van der Waals surface area contributed by atoms with Gasteiger partial charge in [0.1, 0.15) is 5.76 Å². The van der Waals surface area contributed by atoms with Crippen molar-refractivity contribution in [2.45, 2.75) is 87.7 Å². The van der Waals surface area contributed by atoms with E-state index in [2.05, 4.69) is 14.4 Å². The van der Waals surface area contributed by atoms with Gasteiger partial charge < -0.3 is 43.2 Å². The largest absolute Gasteiger partial charge is 0.493 e. The number of esters is 6. The molecule has 1 N–H and O–H groups in total. The number of likely N-dealkylation sites (N-methyl/N-ethyl adjacent to an activating group) is 1. The zero-order valence-electron chi connectivity index (χ0n) is 26.8. The third-order valence-electron chi connectivity index (χ3n) is 9.15. The maximum Gasteiger partial charge on any atom is 0.491 e. The Balaban J connectivity index is 1.38. The Morgan fingerprint density at radius 3 is 2.22 bits per heavy atom. The highest BCUT2D eigenvalue weighted by atomic mass is 19.4. The summed E-state index contributed by atoms with van der Waals surface area (Å²) in [7, 11) is 3.37. The number of halogens is 3. The van der Waals surface area contributed by atoms with E-state index in [0.717, 1.165) is 25.0 Å². The van der Waals surface area contributed by atoms with Crippen molar-refractivity contribution < 1.29 is 80.2 Å². The first kappa shape index (κ1) is 35.6. The lowest BCUT2D eigenvalue weighted by atomic mass is 9.50. The van der Waals surface area contributed by atoms with Crippen molar-refractivity contribution in [3.63, 3.8) is 0 Å². The molecule has 49 heavy (non-hydrogen) atoms. The fourth-order valence-electron chi connectivity index (χ4n) is 7.11. The minimum absolute atomic E-state index is 0.00412. The van der Waals surface area contributed by atoms with Gasteiger partial charge in [-0.1, -0.05) is 6.07 Å². The van der Waals surface area contributed by atoms with Crippen LogP contribution in [0.2, 0.25) is 0 Å². The molecule has 1 aromatic carbocycles. The molecule has 1 aromatic rings. The van der Waals surface area contributed by atoms with E-state index in [1.807, 2.05) is 13.1 Å². The van der Waals surface area contributed by atoms with Gasteiger partial charge in [0.25, 0.3) is 0 Å². The van der Waals surface area contributed by atoms with Crippen molar-refractivity contribution in [1.29, 1.82) is 0 Å². The van der Waals surface area contributed by atoms with Crippen LogP contribution in [0.25, 0.3) is 0 Å². The molecular formula is C31H32F3NO14. The summed E-state index contributed by atoms with van der Waals surface area (Å²) in [6.07, 6.45) is -11.3. The van der Waals surface area contributed by atoms with Gasteiger partial charge in [-0.3, -0.25) is 9.59 Å². The van der Waals surface area contributed by atoms with Gasteiger partial charge in [-0.25, -0.2) is 19.2 Å². The number of carbonyl (C=O) groups excluding carboxylic acids is 6. The number of nitrogens with zero attached hydrogens (tertiary/aromatic N) is 1. The minimum Gasteiger partial charge on any atom is -0.493 e. The fraction of sp³-hybridized carbons (Fsp3) is 0.548. The van der Waals surface area contributed by atoms with E-state index in [-0.39, 0.29) is 18.2 Å². The van der Waals surface area contributed by atoms with Crippen LogP contribution in [0.3, 0.4) is 0 Å². The summed E-state index contributed by atoms with van der Waals surface area (Å²) in [5.41, 5.74) is -0.684. The Morgan fingerprint density at radius 2 is 1.63 bits per heavy atom. The van der Waals surface area contributed by atoms with Gasteiger partial charge in [0.05, 0.1) is 18.1 Å². The summed E-state index contributed by atoms with van der Waals surface area (Å²) in [5, 5.41) is 12.3. The Labute approximate surface area is 276 Å². The Hall–Kier alpha value is -4.71. The zero-order valence-corrected chi connectivity index (χ0v) is 26.8. The van der Waals surface area contributed by atoms with E-state index in [1.165, 1.54) is 13.2 Å². The average molecular weight is 700 g/mol. The summed E-state index contributed by atoms with van der Waals surface area (Å²) >= 11 is 0. The monoisotopic (exact) mass is 699 g/mol. The fourth-order valence-corrected chi connectivity index (χ4v) is 7.11. The summed E-state index contributed by atoms with van der Waals surface area (Å²) in [4.78, 5) is 75.5. The van der Waals surface area contributed by atoms with Crippen LogP contribution in [-0.4, -0.2) is 109 Å². The van der Waals surface area contributed by atoms with Crippen LogP contribution in [0.4, 0.5) is 13.2 Å². The Morgan fingerprint density at radius 1 is 1.00 bits per heavy atom. The van der Waals surface area contributed by atoms with Crippen molar-refractivity contribution in [3.8, 4) is 11.5 Å². The van der Waals surface area contributed by atoms with Crippen LogP contribution in [0.5, 0.6) is 11.5 Å². The highest BCUT2D eigenvalue weighted by Crippen LogP contribution is 2.65. The second-order valence-corrected chi connectivity index (χ2v) is 12.1. The first-order chi connectivity index (χ1) is 22.8. The predicted molar refractivity (Wildman–Crippen MR) is 151 cm³/mol. The maximum absolute atomic E-state index is 13.3. The van der Waals surface area contributed by atoms with Gasteiger partial charge in [0, 0.05) is 31.9 Å². The number of methoxy groups -OCH3 is 1. The number of ether oxygens (including phenoxy) is 7. The molecule has 2 aliphatic carbocycles. The molecule has 0 radical (unpaired) electrons. The maximum atomic E-state index is 13.3. The topological polar surface area (TPSA) is 190 Å². The molecular weight excluding hydrogens is 667 g/mol. The molecule has 15 nitrogen and oxygen atoms in total. The van der Waals surface area contributed by atoms with Crippen LogP contribution in [0.15, 0.2) is 24.0 Å². The summed E-state index contributed by atoms with van der Waals surface area (Å²) in [6, 6.07) is 3.35. The number of alkyl halides is 3. The number of likely N-dealkylation sites (tertiary alicyclic amines) is 1. The van der Waals surface area contributed by atoms with Crippen molar-refractivity contribution in [2.75, 3.05) is 20.7 Å². The molecule has 5 rings (SSSR count). The van der Waals surface area contributed by atoms with Crippen LogP contribution in [0.1, 0.15) is 44.7 Å². The van der Waals surface area contributed by atoms with Gasteiger partial charge in [-0.15, -0.1) is 0 Å². The molecule has 1 fully saturated rings. The van der Waals surface area contributed by atoms with E-state index < -0.39 is 77.4 Å². The molecule has 0 unspecified atom stereocenters. The van der Waals surface area contributed by atoms with Gasteiger partial charge >= 0.3 is 42.0 Å². The lowest BCUT2D eigenvalue weighted by molar-refractivity contribution is -0.210. The van der Waals surface area contributed by atoms with Crippen LogP contribution in [-0.2, 0) is 64.3 Å². The van der Waals surface area contributed by atoms with Crippen LogP contribution >= 0.6 is 0 Å². The Kier molecular flexibility index (Phi) is 9.18. The van der Waals surface area contributed by atoms with Gasteiger partial charge in [0.15, 0.2) is 23.7 Å². The lowest BCUT2D eigenvalue weighted by Gasteiger charge is -2.61. The zero-order chi connectivity index (χ0) is 36.2. The van der Waals surface area contributed by atoms with Crippen molar-refractivity contribution in [2.24, 2.45) is 0 Å². The highest BCUT2D eigenvalue weighted by Gasteiger charge is 2.72. The molecule has 266 valence electrons. The molecule has 2 heterocycles. The van der Waals surface area contributed by atoms with Crippen molar-refractivity contribution in [3.05, 3.63) is 35.1 Å². The third kappa shape index (κ3) is 5.96. The number of aliphatic hydroxyl groups is 1. The van der Waals surface area contributed by atoms with Gasteiger partial charge in [-0.2, -0.15) is 13.2 Å². The minimum atomic E-state index is -5.65. The Bertz CT molecular complexity index is 1640. The second kappa shape index (κ2) is 12.6. The number of carbonyl (C=O) groups is 6. The standard InChI is InChI=1S/C31H32F3NO14/c1-13(44-26(39)22(45-14(2)36)23(46-15(3)37)27(40)49-28(41)31(32,33)34)25(38)47-18-8-9-30(42)19-12-16-6-7-17(43-5)21-20(16)29(30,24(18)48-21)10-11-35(19)4/h6-8,13,19,22-24,42H,9-12H2,1-5H3/t13-,19+,22+,23+,24-,29-,30+/m0/s1. The molecule has 1 spiro atoms. The molecule has 18 heteroatoms. The number of benzene rings is 1. The molecule has 1 saturated heterocycles. The predicted octanol–water partition coefficient (Wildman–Crippen LogP) is 0.943. The van der Waals surface area contributed by atoms with Crippen molar-refractivity contribution in [1.82, 2.24) is 4.90 Å². The SMILES string of the molecule is COc1ccc2c3c1O[C@H]1C(OC(=O)[C@H](C)OC(=O)[C@H](OC(C)=O)[C@@H](OC(C)=O)C(=O)OC(=O)C(F)(F)F)=CC[C@@]4(O)[C@@H](C2)N(C)CC[C@]314. The molecule has 7 atom stereocenters. The van der Waals surface area contributed by atoms with E-state index in [1.54, 1.807) is 6.07 Å². The van der Waals surface area contributed by atoms with Crippen molar-refractivity contribution >= 4 is 35.8 Å². The van der Waals surface area contributed by atoms with Gasteiger partial charge in [0.2, 0.25) is 12.2 Å². The number of hydrogen-bond donors (Lipinski definition) is 1. The first-order valence-corrected chi connectivity index (χ1v) is 14.9. The molecule has 0 saturated carbocycles. The summed E-state index contributed by atoms with van der Waals surface area (Å²) in [6.45, 7) is 3.05. The molecule has 0 aromatic heterocycles. The number of hydrogen-bond acceptors (Lipinski definition) is 15. The van der Waals surface area contributed by atoms with E-state index in [0.29, 0.717) is 37.8 Å². The lowest BCUT2D eigenvalue weighted by Crippen LogP contribution is -2.74. The summed E-state index contributed by atoms with van der Waals surface area (Å²) in [5.74, 6) is -10.0. The van der Waals surface area contributed by atoms with E-state index in [4.69, 9.17) is 23.7 Å². The smallest absolute Gasteiger partial charge is 0.491 e. The highest BCUT2D eigenvalue weighted by molar-refractivity contribution is 5.95. The average Bonchev–Trinajstić information content (AvgIpc) is 3.37. The van der Waals surface area contributed by atoms with Gasteiger partial charge in [-0.05, 0) is 51.1 Å². The molecule has 2 aliphatic heterocycles. The molecule has 4 aliphatic rings. The number of rotatable bonds is 9.